The zero-order valence-corrected chi connectivity index (χ0v) is 12.7. The summed E-state index contributed by atoms with van der Waals surface area (Å²) in [5, 5.41) is 9.25. The van der Waals surface area contributed by atoms with Gasteiger partial charge in [-0.05, 0) is 30.4 Å². The van der Waals surface area contributed by atoms with Crippen molar-refractivity contribution in [3.63, 3.8) is 0 Å². The van der Waals surface area contributed by atoms with E-state index >= 15 is 0 Å². The number of nitriles is 1. The normalized spacial score (nSPS) is 11.9. The Hall–Kier alpha value is -0.850. The molecule has 1 atom stereocenters. The third kappa shape index (κ3) is 3.57. The van der Waals surface area contributed by atoms with E-state index in [2.05, 4.69) is 31.2 Å². The predicted octanol–water partition coefficient (Wildman–Crippen LogP) is 3.87. The van der Waals surface area contributed by atoms with Crippen LogP contribution in [0.2, 0.25) is 0 Å². The molecule has 0 amide bonds. The molecule has 0 heterocycles. The molecule has 4 heteroatoms. The number of alkyl halides is 1. The summed E-state index contributed by atoms with van der Waals surface area (Å²) in [5.74, 6) is 1.51. The fourth-order valence-electron chi connectivity index (χ4n) is 1.96. The number of benzene rings is 1. The molecule has 0 saturated carbocycles. The second-order valence-electron chi connectivity index (χ2n) is 4.23. The first-order valence-corrected chi connectivity index (χ1v) is 7.91. The molecule has 1 rings (SSSR count). The number of nitrogens with zero attached hydrogens (tertiary/aromatic N) is 2. The van der Waals surface area contributed by atoms with Crippen LogP contribution in [0.1, 0.15) is 24.5 Å². The largest absolute Gasteiger partial charge is 0.370 e. The van der Waals surface area contributed by atoms with Crippen molar-refractivity contribution in [2.24, 2.45) is 0 Å². The maximum atomic E-state index is 9.25. The molecule has 1 aromatic carbocycles. The zero-order chi connectivity index (χ0) is 13.5. The van der Waals surface area contributed by atoms with Crippen molar-refractivity contribution in [2.45, 2.75) is 25.3 Å². The minimum atomic E-state index is 0.445. The highest BCUT2D eigenvalue weighted by Crippen LogP contribution is 2.24. The third-order valence-electron chi connectivity index (χ3n) is 3.09. The first-order chi connectivity index (χ1) is 8.67. The summed E-state index contributed by atoms with van der Waals surface area (Å²) in [6.45, 7) is 2.18. The van der Waals surface area contributed by atoms with Crippen molar-refractivity contribution in [3.05, 3.63) is 29.3 Å². The molecule has 18 heavy (non-hydrogen) atoms. The predicted molar refractivity (Wildman–Crippen MR) is 81.6 cm³/mol. The highest BCUT2D eigenvalue weighted by atomic mass is 35.5. The Labute approximate surface area is 119 Å². The standard InChI is InChI=1S/C14H19ClN2S/c1-4-13(10-18-3)17(2)14-6-5-11(8-15)7-12(14)9-16/h5-7,13H,4,8,10H2,1-3H3. The van der Waals surface area contributed by atoms with Gasteiger partial charge in [-0.15, -0.1) is 11.6 Å². The van der Waals surface area contributed by atoms with Crippen LogP contribution in [-0.2, 0) is 5.88 Å². The van der Waals surface area contributed by atoms with Gasteiger partial charge in [-0.3, -0.25) is 0 Å². The maximum Gasteiger partial charge on any atom is 0.101 e. The minimum Gasteiger partial charge on any atom is -0.370 e. The van der Waals surface area contributed by atoms with Gasteiger partial charge in [0.15, 0.2) is 0 Å². The Bertz CT molecular complexity index is 428. The van der Waals surface area contributed by atoms with Crippen LogP contribution in [0, 0.1) is 11.3 Å². The highest BCUT2D eigenvalue weighted by molar-refractivity contribution is 7.98. The van der Waals surface area contributed by atoms with Crippen molar-refractivity contribution in [1.29, 1.82) is 5.26 Å². The zero-order valence-electron chi connectivity index (χ0n) is 11.1. The molecule has 0 radical (unpaired) electrons. The van der Waals surface area contributed by atoms with Gasteiger partial charge < -0.3 is 4.90 Å². The number of rotatable bonds is 6. The molecule has 1 aromatic rings. The summed E-state index contributed by atoms with van der Waals surface area (Å²) in [6.07, 6.45) is 3.18. The van der Waals surface area contributed by atoms with Gasteiger partial charge in [-0.2, -0.15) is 17.0 Å². The molecule has 0 bridgehead atoms. The molecule has 2 nitrogen and oxygen atoms in total. The quantitative estimate of drug-likeness (QED) is 0.741. The molecule has 1 unspecified atom stereocenters. The van der Waals surface area contributed by atoms with Gasteiger partial charge in [-0.1, -0.05) is 13.0 Å². The van der Waals surface area contributed by atoms with Crippen LogP contribution < -0.4 is 4.90 Å². The smallest absolute Gasteiger partial charge is 0.101 e. The van der Waals surface area contributed by atoms with E-state index in [1.807, 2.05) is 30.0 Å². The van der Waals surface area contributed by atoms with Crippen LogP contribution in [0.15, 0.2) is 18.2 Å². The van der Waals surface area contributed by atoms with E-state index in [1.165, 1.54) is 0 Å². The number of thioether (sulfide) groups is 1. The summed E-state index contributed by atoms with van der Waals surface area (Å²) < 4.78 is 0. The van der Waals surface area contributed by atoms with Crippen LogP contribution in [0.5, 0.6) is 0 Å². The number of halogens is 1. The van der Waals surface area contributed by atoms with Gasteiger partial charge in [0.05, 0.1) is 11.3 Å². The minimum absolute atomic E-state index is 0.445. The first kappa shape index (κ1) is 15.2. The third-order valence-corrected chi connectivity index (χ3v) is 4.12. The van der Waals surface area contributed by atoms with E-state index in [9.17, 15) is 5.26 Å². The lowest BCUT2D eigenvalue weighted by Crippen LogP contribution is -2.33. The van der Waals surface area contributed by atoms with E-state index in [0.29, 0.717) is 17.5 Å². The van der Waals surface area contributed by atoms with Gasteiger partial charge >= 0.3 is 0 Å². The molecule has 0 aliphatic heterocycles. The van der Waals surface area contributed by atoms with Crippen LogP contribution in [0.4, 0.5) is 5.69 Å². The van der Waals surface area contributed by atoms with Gasteiger partial charge in [0.2, 0.25) is 0 Å². The molecule has 0 aliphatic carbocycles. The molecule has 0 fully saturated rings. The summed E-state index contributed by atoms with van der Waals surface area (Å²) in [6, 6.07) is 8.59. The number of hydrogen-bond acceptors (Lipinski definition) is 3. The monoisotopic (exact) mass is 282 g/mol. The van der Waals surface area contributed by atoms with Crippen molar-refractivity contribution in [1.82, 2.24) is 0 Å². The molecule has 0 N–H and O–H groups in total. The topological polar surface area (TPSA) is 27.0 Å². The Balaban J connectivity index is 3.04. The second-order valence-corrected chi connectivity index (χ2v) is 5.40. The molecule has 0 saturated heterocycles. The maximum absolute atomic E-state index is 9.25. The highest BCUT2D eigenvalue weighted by Gasteiger charge is 2.16. The molecule has 98 valence electrons. The van der Waals surface area contributed by atoms with Crippen LogP contribution in [0.3, 0.4) is 0 Å². The Kier molecular flexibility index (Phi) is 6.38. The van der Waals surface area contributed by atoms with Gasteiger partial charge in [0.25, 0.3) is 0 Å². The van der Waals surface area contributed by atoms with Crippen LogP contribution >= 0.6 is 23.4 Å². The van der Waals surface area contributed by atoms with E-state index in [-0.39, 0.29) is 0 Å². The molecular weight excluding hydrogens is 264 g/mol. The second kappa shape index (κ2) is 7.56. The van der Waals surface area contributed by atoms with Gasteiger partial charge in [0, 0.05) is 24.7 Å². The van der Waals surface area contributed by atoms with E-state index in [0.717, 1.165) is 23.4 Å². The van der Waals surface area contributed by atoms with E-state index in [1.54, 1.807) is 0 Å². The van der Waals surface area contributed by atoms with Crippen LogP contribution in [-0.4, -0.2) is 25.1 Å². The van der Waals surface area contributed by atoms with Gasteiger partial charge in [0.1, 0.15) is 6.07 Å². The van der Waals surface area contributed by atoms with Crippen molar-refractivity contribution in [2.75, 3.05) is 24.0 Å². The SMILES string of the molecule is CCC(CSC)N(C)c1ccc(CCl)cc1C#N. The summed E-state index contributed by atoms with van der Waals surface area (Å²) >= 11 is 7.63. The van der Waals surface area contributed by atoms with E-state index < -0.39 is 0 Å². The summed E-state index contributed by atoms with van der Waals surface area (Å²) in [5.41, 5.74) is 2.69. The lowest BCUT2D eigenvalue weighted by molar-refractivity contribution is 0.672. The molecular formula is C14H19ClN2S. The Morgan fingerprint density at radius 3 is 2.72 bits per heavy atom. The van der Waals surface area contributed by atoms with Crippen molar-refractivity contribution < 1.29 is 0 Å². The average Bonchev–Trinajstić information content (AvgIpc) is 2.43. The Morgan fingerprint density at radius 1 is 1.50 bits per heavy atom. The average molecular weight is 283 g/mol. The molecule has 0 spiro atoms. The molecule has 0 aromatic heterocycles. The van der Waals surface area contributed by atoms with Crippen LogP contribution in [0.25, 0.3) is 0 Å². The first-order valence-electron chi connectivity index (χ1n) is 5.98. The van der Waals surface area contributed by atoms with Crippen molar-refractivity contribution >= 4 is 29.1 Å². The van der Waals surface area contributed by atoms with Gasteiger partial charge in [-0.25, -0.2) is 0 Å². The number of anilines is 1. The summed E-state index contributed by atoms with van der Waals surface area (Å²) in [7, 11) is 2.06. The van der Waals surface area contributed by atoms with Crippen molar-refractivity contribution in [3.8, 4) is 6.07 Å². The Morgan fingerprint density at radius 2 is 2.22 bits per heavy atom. The summed E-state index contributed by atoms with van der Waals surface area (Å²) in [4.78, 5) is 2.20. The lowest BCUT2D eigenvalue weighted by atomic mass is 10.1. The lowest BCUT2D eigenvalue weighted by Gasteiger charge is -2.29. The fraction of sp³-hybridized carbons (Fsp3) is 0.500. The fourth-order valence-corrected chi connectivity index (χ4v) is 2.97. The number of hydrogen-bond donors (Lipinski definition) is 0. The van der Waals surface area contributed by atoms with E-state index in [4.69, 9.17) is 11.6 Å². The molecule has 0 aliphatic rings.